The van der Waals surface area contributed by atoms with Gasteiger partial charge in [-0.15, -0.1) is 0 Å². The summed E-state index contributed by atoms with van der Waals surface area (Å²) < 4.78 is 0. The van der Waals surface area contributed by atoms with Crippen molar-refractivity contribution in [3.8, 4) is 0 Å². The third-order valence-corrected chi connectivity index (χ3v) is 5.15. The van der Waals surface area contributed by atoms with Crippen LogP contribution in [0.5, 0.6) is 0 Å². The van der Waals surface area contributed by atoms with Gasteiger partial charge < -0.3 is 0 Å². The second kappa shape index (κ2) is 6.68. The lowest BCUT2D eigenvalue weighted by Gasteiger charge is -2.25. The molecule has 0 unspecified atom stereocenters. The lowest BCUT2D eigenvalue weighted by Crippen LogP contribution is -2.22. The normalized spacial score (nSPS) is 16.4. The molecule has 0 bridgehead atoms. The number of aromatic nitrogens is 1. The second-order valence-corrected chi connectivity index (χ2v) is 6.86. The molecule has 0 atom stereocenters. The van der Waals surface area contributed by atoms with Gasteiger partial charge in [0.2, 0.25) is 0 Å². The largest absolute Gasteiger partial charge is 0.299 e. The average molecular weight is 318 g/mol. The van der Waals surface area contributed by atoms with Crippen molar-refractivity contribution in [2.45, 2.75) is 45.1 Å². The second-order valence-electron chi connectivity index (χ2n) is 6.86. The number of aliphatic imine (C=N–C) groups is 1. The minimum atomic E-state index is 0.254. The number of fused-ring (bicyclic) bond motifs is 1. The molecule has 122 valence electrons. The Kier molecular flexibility index (Phi) is 4.24. The number of carbonyl (C=O) groups is 1. The Morgan fingerprint density at radius 1 is 1.17 bits per heavy atom. The van der Waals surface area contributed by atoms with E-state index in [-0.39, 0.29) is 5.78 Å². The van der Waals surface area contributed by atoms with Gasteiger partial charge in [0.15, 0.2) is 0 Å². The maximum absolute atomic E-state index is 12.2. The first-order valence-corrected chi connectivity index (χ1v) is 8.88. The van der Waals surface area contributed by atoms with Crippen LogP contribution in [0.3, 0.4) is 0 Å². The smallest absolute Gasteiger partial charge is 0.139 e. The van der Waals surface area contributed by atoms with Crippen molar-refractivity contribution in [3.05, 3.63) is 65.0 Å². The summed E-state index contributed by atoms with van der Waals surface area (Å²) in [6.07, 6.45) is 7.60. The highest BCUT2D eigenvalue weighted by Gasteiger charge is 2.28. The summed E-state index contributed by atoms with van der Waals surface area (Å²) in [5.41, 5.74) is 5.83. The zero-order chi connectivity index (χ0) is 16.4. The Labute approximate surface area is 142 Å². The highest BCUT2D eigenvalue weighted by Crippen LogP contribution is 2.34. The molecule has 2 heterocycles. The van der Waals surface area contributed by atoms with E-state index in [0.29, 0.717) is 18.8 Å². The fourth-order valence-corrected chi connectivity index (χ4v) is 3.51. The van der Waals surface area contributed by atoms with Gasteiger partial charge in [0.1, 0.15) is 5.78 Å². The summed E-state index contributed by atoms with van der Waals surface area (Å²) in [7, 11) is 0. The van der Waals surface area contributed by atoms with Crippen molar-refractivity contribution in [1.82, 2.24) is 4.98 Å². The van der Waals surface area contributed by atoms with Crippen molar-refractivity contribution in [2.75, 3.05) is 0 Å². The van der Waals surface area contributed by atoms with E-state index in [1.807, 2.05) is 24.4 Å². The quantitative estimate of drug-likeness (QED) is 0.810. The van der Waals surface area contributed by atoms with Gasteiger partial charge in [0, 0.05) is 41.9 Å². The third-order valence-electron chi connectivity index (χ3n) is 5.15. The predicted octanol–water partition coefficient (Wildman–Crippen LogP) is 3.93. The van der Waals surface area contributed by atoms with Crippen LogP contribution in [0, 0.1) is 5.92 Å². The van der Waals surface area contributed by atoms with Crippen molar-refractivity contribution >= 4 is 11.5 Å². The summed E-state index contributed by atoms with van der Waals surface area (Å²) in [5, 5.41) is 0. The monoisotopic (exact) mass is 318 g/mol. The third kappa shape index (κ3) is 3.16. The molecule has 0 radical (unpaired) electrons. The van der Waals surface area contributed by atoms with Gasteiger partial charge >= 0.3 is 0 Å². The van der Waals surface area contributed by atoms with Crippen LogP contribution in [0.25, 0.3) is 0 Å². The number of hydrogen-bond donors (Lipinski definition) is 0. The van der Waals surface area contributed by atoms with Gasteiger partial charge in [-0.05, 0) is 36.5 Å². The van der Waals surface area contributed by atoms with E-state index >= 15 is 0 Å². The molecular weight excluding hydrogens is 296 g/mol. The lowest BCUT2D eigenvalue weighted by molar-refractivity contribution is -0.118. The van der Waals surface area contributed by atoms with Gasteiger partial charge in [-0.25, -0.2) is 0 Å². The number of hydrogen-bond acceptors (Lipinski definition) is 3. The number of carbonyl (C=O) groups excluding carboxylic acids is 1. The van der Waals surface area contributed by atoms with Crippen LogP contribution in [0.2, 0.25) is 0 Å². The van der Waals surface area contributed by atoms with E-state index in [1.54, 1.807) is 0 Å². The molecule has 1 saturated carbocycles. The lowest BCUT2D eigenvalue weighted by atomic mass is 9.79. The van der Waals surface area contributed by atoms with E-state index in [0.717, 1.165) is 18.7 Å². The number of aryl methyl sites for hydroxylation is 1. The summed E-state index contributed by atoms with van der Waals surface area (Å²) in [4.78, 5) is 21.5. The molecule has 2 aliphatic rings. The van der Waals surface area contributed by atoms with E-state index < -0.39 is 0 Å². The van der Waals surface area contributed by atoms with Crippen LogP contribution in [-0.2, 0) is 24.2 Å². The molecule has 2 aromatic rings. The number of rotatable bonds is 6. The molecule has 1 aliphatic heterocycles. The Morgan fingerprint density at radius 2 is 2.00 bits per heavy atom. The summed E-state index contributed by atoms with van der Waals surface area (Å²) in [6.45, 7) is 0.759. The highest BCUT2D eigenvalue weighted by atomic mass is 16.1. The Hall–Kier alpha value is -2.29. The number of Topliss-reactive ketones (excluding diaryl/α,β-unsaturated/α-hetero) is 1. The Bertz CT molecular complexity index is 776. The first-order chi connectivity index (χ1) is 11.8. The van der Waals surface area contributed by atoms with E-state index in [1.165, 1.54) is 41.7 Å². The fraction of sp³-hybridized carbons (Fsp3) is 0.381. The molecule has 0 N–H and O–H groups in total. The number of nitrogens with zero attached hydrogens (tertiary/aromatic N) is 2. The first kappa shape index (κ1) is 15.3. The van der Waals surface area contributed by atoms with Crippen molar-refractivity contribution in [2.24, 2.45) is 10.9 Å². The van der Waals surface area contributed by atoms with Crippen LogP contribution in [0.1, 0.15) is 48.1 Å². The summed E-state index contributed by atoms with van der Waals surface area (Å²) in [5.74, 6) is 0.899. The van der Waals surface area contributed by atoms with Crippen LogP contribution in [0.4, 0.5) is 0 Å². The number of ketones is 1. The zero-order valence-corrected chi connectivity index (χ0v) is 13.9. The number of pyridine rings is 1. The highest BCUT2D eigenvalue weighted by molar-refractivity contribution is 6.05. The minimum Gasteiger partial charge on any atom is -0.299 e. The Morgan fingerprint density at radius 3 is 2.75 bits per heavy atom. The van der Waals surface area contributed by atoms with E-state index in [4.69, 9.17) is 4.99 Å². The van der Waals surface area contributed by atoms with Crippen LogP contribution < -0.4 is 0 Å². The minimum absolute atomic E-state index is 0.254. The predicted molar refractivity (Wildman–Crippen MR) is 95.3 cm³/mol. The SMILES string of the molecule is O=C(CCc1ccccc1)Cc1cc2c(cn1)C(C1CCC1)=NC2. The summed E-state index contributed by atoms with van der Waals surface area (Å²) >= 11 is 0. The van der Waals surface area contributed by atoms with Crippen LogP contribution >= 0.6 is 0 Å². The van der Waals surface area contributed by atoms with Gasteiger partial charge in [0.25, 0.3) is 0 Å². The van der Waals surface area contributed by atoms with Crippen LogP contribution in [-0.4, -0.2) is 16.5 Å². The molecule has 1 aromatic heterocycles. The average Bonchev–Trinajstić information content (AvgIpc) is 2.95. The maximum atomic E-state index is 12.2. The molecule has 1 aromatic carbocycles. The molecule has 0 amide bonds. The molecule has 4 rings (SSSR count). The molecule has 0 saturated heterocycles. The fourth-order valence-electron chi connectivity index (χ4n) is 3.51. The number of benzene rings is 1. The molecule has 1 aliphatic carbocycles. The topological polar surface area (TPSA) is 42.3 Å². The van der Waals surface area contributed by atoms with Crippen molar-refractivity contribution in [1.29, 1.82) is 0 Å². The zero-order valence-electron chi connectivity index (χ0n) is 13.9. The molecule has 1 fully saturated rings. The maximum Gasteiger partial charge on any atom is 0.139 e. The van der Waals surface area contributed by atoms with Crippen molar-refractivity contribution < 1.29 is 4.79 Å². The van der Waals surface area contributed by atoms with Gasteiger partial charge in [-0.3, -0.25) is 14.8 Å². The molecule has 3 heteroatoms. The Balaban J connectivity index is 1.37. The van der Waals surface area contributed by atoms with Crippen molar-refractivity contribution in [3.63, 3.8) is 0 Å². The molecule has 24 heavy (non-hydrogen) atoms. The standard InChI is InChI=1S/C21H22N2O/c24-19(10-9-15-5-2-1-3-6-15)12-18-11-17-13-23-21(16-7-4-8-16)20(17)14-22-18/h1-3,5-6,11,14,16H,4,7-10,12-13H2. The molecular formula is C21H22N2O. The van der Waals surface area contributed by atoms with E-state index in [9.17, 15) is 4.79 Å². The summed E-state index contributed by atoms with van der Waals surface area (Å²) in [6, 6.07) is 12.3. The van der Waals surface area contributed by atoms with Gasteiger partial charge in [-0.2, -0.15) is 0 Å². The van der Waals surface area contributed by atoms with Gasteiger partial charge in [-0.1, -0.05) is 36.8 Å². The van der Waals surface area contributed by atoms with Crippen LogP contribution in [0.15, 0.2) is 47.6 Å². The molecule has 3 nitrogen and oxygen atoms in total. The molecule has 0 spiro atoms. The first-order valence-electron chi connectivity index (χ1n) is 8.88. The van der Waals surface area contributed by atoms with Gasteiger partial charge in [0.05, 0.1) is 6.54 Å². The van der Waals surface area contributed by atoms with E-state index in [2.05, 4.69) is 23.2 Å².